The van der Waals surface area contributed by atoms with Gasteiger partial charge in [-0.1, -0.05) is 44.2 Å². The fourth-order valence-corrected chi connectivity index (χ4v) is 6.54. The first kappa shape index (κ1) is 15.7. The number of rotatable bonds is 2. The molecule has 0 aromatic carbocycles. The molecule has 23 heavy (non-hydrogen) atoms. The number of hydrogen-bond acceptors (Lipinski definition) is 2. The van der Waals surface area contributed by atoms with Crippen LogP contribution in [0.5, 0.6) is 0 Å². The third-order valence-corrected chi connectivity index (χ3v) is 7.85. The second-order valence-electron chi connectivity index (χ2n) is 8.76. The van der Waals surface area contributed by atoms with Crippen LogP contribution in [-0.4, -0.2) is 16.5 Å². The van der Waals surface area contributed by atoms with E-state index in [0.29, 0.717) is 30.1 Å². The highest BCUT2D eigenvalue weighted by molar-refractivity contribution is 5.40. The fourth-order valence-electron chi connectivity index (χ4n) is 6.54. The topological polar surface area (TPSA) is 40.5 Å². The van der Waals surface area contributed by atoms with Crippen LogP contribution >= 0.6 is 0 Å². The lowest BCUT2D eigenvalue weighted by Gasteiger charge is -2.55. The zero-order valence-corrected chi connectivity index (χ0v) is 14.4. The van der Waals surface area contributed by atoms with Crippen molar-refractivity contribution < 1.29 is 10.2 Å². The Bertz CT molecular complexity index is 572. The summed E-state index contributed by atoms with van der Waals surface area (Å²) in [4.78, 5) is 0. The molecule has 2 saturated carbocycles. The van der Waals surface area contributed by atoms with Gasteiger partial charge in [-0.05, 0) is 66.8 Å². The highest BCUT2D eigenvalue weighted by Gasteiger charge is 2.57. The van der Waals surface area contributed by atoms with E-state index in [-0.39, 0.29) is 10.8 Å². The minimum atomic E-state index is -1.15. The smallest absolute Gasteiger partial charge is 0.151 e. The van der Waals surface area contributed by atoms with Gasteiger partial charge in [0.1, 0.15) is 0 Å². The molecular formula is C21H30O2. The molecule has 0 unspecified atom stereocenters. The molecule has 0 aliphatic heterocycles. The fraction of sp³-hybridized carbons (Fsp3) is 0.714. The van der Waals surface area contributed by atoms with Crippen LogP contribution in [0.3, 0.4) is 0 Å². The van der Waals surface area contributed by atoms with Crippen molar-refractivity contribution >= 4 is 0 Å². The number of allylic oxidation sites excluding steroid dienone is 6. The molecule has 0 aromatic rings. The van der Waals surface area contributed by atoms with Gasteiger partial charge in [0.25, 0.3) is 0 Å². The molecule has 0 aromatic heterocycles. The molecule has 2 nitrogen and oxygen atoms in total. The minimum Gasteiger partial charge on any atom is -0.368 e. The average Bonchev–Trinajstić information content (AvgIpc) is 2.83. The summed E-state index contributed by atoms with van der Waals surface area (Å²) >= 11 is 0. The summed E-state index contributed by atoms with van der Waals surface area (Å²) in [6.45, 7) is 4.86. The monoisotopic (exact) mass is 314 g/mol. The maximum atomic E-state index is 9.47. The van der Waals surface area contributed by atoms with Crippen molar-refractivity contribution in [1.29, 1.82) is 0 Å². The highest BCUT2D eigenvalue weighted by Crippen LogP contribution is 2.65. The van der Waals surface area contributed by atoms with E-state index < -0.39 is 6.29 Å². The summed E-state index contributed by atoms with van der Waals surface area (Å²) < 4.78 is 0. The van der Waals surface area contributed by atoms with E-state index in [2.05, 4.69) is 44.2 Å². The van der Waals surface area contributed by atoms with Gasteiger partial charge in [-0.3, -0.25) is 0 Å². The largest absolute Gasteiger partial charge is 0.368 e. The molecule has 2 fully saturated rings. The predicted octanol–water partition coefficient (Wildman–Crippen LogP) is 4.21. The van der Waals surface area contributed by atoms with Crippen LogP contribution in [0.2, 0.25) is 0 Å². The molecule has 0 heterocycles. The van der Waals surface area contributed by atoms with Crippen molar-refractivity contribution in [2.24, 2.45) is 34.5 Å². The van der Waals surface area contributed by atoms with E-state index in [1.165, 1.54) is 24.8 Å². The number of hydrogen-bond donors (Lipinski definition) is 2. The number of aliphatic hydroxyl groups excluding tert-OH is 1. The van der Waals surface area contributed by atoms with E-state index in [4.69, 9.17) is 0 Å². The normalized spacial score (nSPS) is 48.0. The Hall–Kier alpha value is -0.860. The van der Waals surface area contributed by atoms with E-state index in [1.807, 2.05) is 0 Å². The Balaban J connectivity index is 1.66. The molecule has 0 saturated heterocycles. The van der Waals surface area contributed by atoms with Crippen LogP contribution < -0.4 is 0 Å². The molecule has 4 aliphatic rings. The molecule has 4 aliphatic carbocycles. The summed E-state index contributed by atoms with van der Waals surface area (Å²) in [6.07, 6.45) is 17.5. The van der Waals surface area contributed by atoms with Gasteiger partial charge in [0.2, 0.25) is 0 Å². The van der Waals surface area contributed by atoms with E-state index in [9.17, 15) is 10.2 Å². The summed E-state index contributed by atoms with van der Waals surface area (Å²) in [5.41, 5.74) is 2.02. The number of fused-ring (bicyclic) bond motifs is 5. The molecule has 0 bridgehead atoms. The Morgan fingerprint density at radius 1 is 1.17 bits per heavy atom. The SMILES string of the molecule is C[C@]12CC[C@H]3[C@@H](C=CC4=CCC=C[C@@]43C)[C@@H]1CC[C@@H]2CC(O)O. The summed E-state index contributed by atoms with van der Waals surface area (Å²) in [7, 11) is 0. The zero-order chi connectivity index (χ0) is 16.2. The van der Waals surface area contributed by atoms with Crippen LogP contribution in [0, 0.1) is 34.5 Å². The molecular weight excluding hydrogens is 284 g/mol. The first-order chi connectivity index (χ1) is 10.9. The van der Waals surface area contributed by atoms with Gasteiger partial charge in [0.15, 0.2) is 6.29 Å². The summed E-state index contributed by atoms with van der Waals surface area (Å²) in [5, 5.41) is 18.9. The second-order valence-corrected chi connectivity index (χ2v) is 8.76. The summed E-state index contributed by atoms with van der Waals surface area (Å²) in [6, 6.07) is 0. The van der Waals surface area contributed by atoms with Gasteiger partial charge in [-0.25, -0.2) is 0 Å². The molecule has 2 heteroatoms. The van der Waals surface area contributed by atoms with Crippen molar-refractivity contribution in [3.8, 4) is 0 Å². The number of aliphatic hydroxyl groups is 2. The maximum Gasteiger partial charge on any atom is 0.151 e. The Morgan fingerprint density at radius 2 is 2.00 bits per heavy atom. The van der Waals surface area contributed by atoms with Crippen molar-refractivity contribution in [3.63, 3.8) is 0 Å². The van der Waals surface area contributed by atoms with Gasteiger partial charge in [-0.15, -0.1) is 0 Å². The van der Waals surface area contributed by atoms with Gasteiger partial charge in [-0.2, -0.15) is 0 Å². The van der Waals surface area contributed by atoms with Crippen LogP contribution in [0.15, 0.2) is 36.0 Å². The molecule has 126 valence electrons. The first-order valence-corrected chi connectivity index (χ1v) is 9.38. The van der Waals surface area contributed by atoms with E-state index in [1.54, 1.807) is 0 Å². The molecule has 0 spiro atoms. The van der Waals surface area contributed by atoms with Crippen LogP contribution in [0.4, 0.5) is 0 Å². The lowest BCUT2D eigenvalue weighted by atomic mass is 9.49. The minimum absolute atomic E-state index is 0.216. The molecule has 0 radical (unpaired) electrons. The molecule has 4 rings (SSSR count). The first-order valence-electron chi connectivity index (χ1n) is 9.38. The van der Waals surface area contributed by atoms with E-state index in [0.717, 1.165) is 12.8 Å². The Morgan fingerprint density at radius 3 is 2.78 bits per heavy atom. The average molecular weight is 314 g/mol. The second kappa shape index (κ2) is 5.32. The quantitative estimate of drug-likeness (QED) is 0.592. The third kappa shape index (κ3) is 2.21. The lowest BCUT2D eigenvalue weighted by Crippen LogP contribution is -2.48. The van der Waals surface area contributed by atoms with Crippen LogP contribution in [0.1, 0.15) is 52.4 Å². The van der Waals surface area contributed by atoms with E-state index >= 15 is 0 Å². The standard InChI is InChI=1S/C21H30O2/c1-20-11-4-3-5-14(20)6-8-16-17-9-7-15(13-19(22)23)21(17,2)12-10-18(16)20/h4-6,8,11,15-19,22-23H,3,7,9-10,12-13H2,1-2H3/t15-,16+,17+,18+,20+,21-/m1/s1. The molecule has 0 amide bonds. The van der Waals surface area contributed by atoms with Crippen molar-refractivity contribution in [2.45, 2.75) is 58.7 Å². The third-order valence-electron chi connectivity index (χ3n) is 7.85. The van der Waals surface area contributed by atoms with Crippen LogP contribution in [-0.2, 0) is 0 Å². The van der Waals surface area contributed by atoms with Crippen molar-refractivity contribution in [1.82, 2.24) is 0 Å². The Labute approximate surface area is 140 Å². The van der Waals surface area contributed by atoms with Gasteiger partial charge >= 0.3 is 0 Å². The maximum absolute atomic E-state index is 9.47. The Kier molecular flexibility index (Phi) is 3.62. The van der Waals surface area contributed by atoms with Gasteiger partial charge in [0.05, 0.1) is 0 Å². The predicted molar refractivity (Wildman–Crippen MR) is 92.5 cm³/mol. The van der Waals surface area contributed by atoms with Gasteiger partial charge in [0, 0.05) is 11.8 Å². The molecule has 2 N–H and O–H groups in total. The summed E-state index contributed by atoms with van der Waals surface area (Å²) in [5.74, 6) is 2.54. The van der Waals surface area contributed by atoms with Crippen molar-refractivity contribution in [2.75, 3.05) is 0 Å². The van der Waals surface area contributed by atoms with Gasteiger partial charge < -0.3 is 10.2 Å². The molecule has 6 atom stereocenters. The van der Waals surface area contributed by atoms with Crippen LogP contribution in [0.25, 0.3) is 0 Å². The highest BCUT2D eigenvalue weighted by atomic mass is 16.5. The zero-order valence-electron chi connectivity index (χ0n) is 14.4. The van der Waals surface area contributed by atoms with Crippen molar-refractivity contribution in [3.05, 3.63) is 36.0 Å². The lowest BCUT2D eigenvalue weighted by molar-refractivity contribution is -0.0792.